The lowest BCUT2D eigenvalue weighted by atomic mass is 10.2. The third-order valence-corrected chi connectivity index (χ3v) is 6.05. The molecule has 0 aliphatic rings. The highest BCUT2D eigenvalue weighted by Crippen LogP contribution is 2.31. The van der Waals surface area contributed by atoms with E-state index in [0.29, 0.717) is 27.6 Å². The Morgan fingerprint density at radius 2 is 1.84 bits per heavy atom. The summed E-state index contributed by atoms with van der Waals surface area (Å²) in [6.45, 7) is 0.473. The molecule has 0 fully saturated rings. The lowest BCUT2D eigenvalue weighted by Crippen LogP contribution is -2.24. The van der Waals surface area contributed by atoms with Crippen LogP contribution in [0.5, 0.6) is 0 Å². The number of thioether (sulfide) groups is 1. The highest BCUT2D eigenvalue weighted by molar-refractivity contribution is 7.99. The van der Waals surface area contributed by atoms with E-state index in [-0.39, 0.29) is 11.7 Å². The van der Waals surface area contributed by atoms with E-state index in [1.165, 1.54) is 11.8 Å². The summed E-state index contributed by atoms with van der Waals surface area (Å²) in [6, 6.07) is 18.8. The molecule has 9 heteroatoms. The second kappa shape index (κ2) is 9.96. The maximum atomic E-state index is 12.4. The average Bonchev–Trinajstić information content (AvgIpc) is 3.23. The number of hydrogen-bond donors (Lipinski definition) is 1. The molecule has 1 amide bonds. The minimum Gasteiger partial charge on any atom is -0.351 e. The molecule has 2 aromatic carbocycles. The number of carbonyl (C=O) groups excluding carboxylic acids is 1. The molecule has 2 aromatic heterocycles. The minimum atomic E-state index is -0.0968. The molecule has 4 aromatic rings. The predicted octanol–water partition coefficient (Wildman–Crippen LogP) is 5.04. The van der Waals surface area contributed by atoms with E-state index in [4.69, 9.17) is 23.2 Å². The van der Waals surface area contributed by atoms with Gasteiger partial charge in [0, 0.05) is 24.5 Å². The molecule has 0 radical (unpaired) electrons. The van der Waals surface area contributed by atoms with Crippen molar-refractivity contribution in [2.24, 2.45) is 0 Å². The van der Waals surface area contributed by atoms with E-state index in [1.54, 1.807) is 24.5 Å². The van der Waals surface area contributed by atoms with Crippen LogP contribution in [0, 0.1) is 0 Å². The largest absolute Gasteiger partial charge is 0.351 e. The van der Waals surface area contributed by atoms with Crippen LogP contribution < -0.4 is 5.32 Å². The molecule has 0 spiro atoms. The van der Waals surface area contributed by atoms with Gasteiger partial charge in [0.1, 0.15) is 0 Å². The normalized spacial score (nSPS) is 10.8. The van der Waals surface area contributed by atoms with Crippen molar-refractivity contribution >= 4 is 40.9 Å². The Morgan fingerprint density at radius 3 is 2.58 bits per heavy atom. The zero-order chi connectivity index (χ0) is 21.6. The van der Waals surface area contributed by atoms with Crippen LogP contribution in [0.25, 0.3) is 17.1 Å². The number of rotatable bonds is 7. The van der Waals surface area contributed by atoms with E-state index in [9.17, 15) is 4.79 Å². The number of halogens is 2. The zero-order valence-corrected chi connectivity index (χ0v) is 18.5. The first-order chi connectivity index (χ1) is 15.1. The van der Waals surface area contributed by atoms with Gasteiger partial charge in [0.2, 0.25) is 5.91 Å². The van der Waals surface area contributed by atoms with Crippen LogP contribution in [0.2, 0.25) is 10.0 Å². The third-order valence-electron chi connectivity index (χ3n) is 4.38. The van der Waals surface area contributed by atoms with E-state index in [0.717, 1.165) is 16.8 Å². The molecule has 4 rings (SSSR count). The molecule has 1 N–H and O–H groups in total. The molecule has 0 aliphatic heterocycles. The van der Waals surface area contributed by atoms with Gasteiger partial charge >= 0.3 is 0 Å². The van der Waals surface area contributed by atoms with Gasteiger partial charge in [0.05, 0.1) is 21.5 Å². The van der Waals surface area contributed by atoms with Crippen molar-refractivity contribution in [1.29, 1.82) is 0 Å². The van der Waals surface area contributed by atoms with Crippen LogP contribution in [-0.2, 0) is 11.3 Å². The fourth-order valence-electron chi connectivity index (χ4n) is 2.88. The van der Waals surface area contributed by atoms with Crippen LogP contribution in [0.4, 0.5) is 0 Å². The molecule has 0 aliphatic carbocycles. The molecule has 0 bridgehead atoms. The second-order valence-electron chi connectivity index (χ2n) is 6.53. The van der Waals surface area contributed by atoms with Gasteiger partial charge in [-0.05, 0) is 35.9 Å². The zero-order valence-electron chi connectivity index (χ0n) is 16.2. The molecule has 31 heavy (non-hydrogen) atoms. The van der Waals surface area contributed by atoms with Gasteiger partial charge in [0.15, 0.2) is 11.0 Å². The van der Waals surface area contributed by atoms with Gasteiger partial charge < -0.3 is 5.32 Å². The Balaban J connectivity index is 1.56. The fraction of sp³-hybridized carbons (Fsp3) is 0.0909. The van der Waals surface area contributed by atoms with E-state index in [2.05, 4.69) is 20.5 Å². The van der Waals surface area contributed by atoms with Crippen molar-refractivity contribution in [3.8, 4) is 17.1 Å². The Labute approximate surface area is 193 Å². The standard InChI is InChI=1S/C22H17Cl2N5OS/c23-18-9-8-17(11-19(18)24)29-21(16-7-4-10-25-13-16)27-28-22(29)31-14-20(30)26-12-15-5-2-1-3-6-15/h1-11,13H,12,14H2,(H,26,30). The second-order valence-corrected chi connectivity index (χ2v) is 8.29. The summed E-state index contributed by atoms with van der Waals surface area (Å²) >= 11 is 13.6. The van der Waals surface area contributed by atoms with E-state index in [1.807, 2.05) is 53.1 Å². The highest BCUT2D eigenvalue weighted by atomic mass is 35.5. The van der Waals surface area contributed by atoms with Gasteiger partial charge in [-0.15, -0.1) is 10.2 Å². The smallest absolute Gasteiger partial charge is 0.230 e. The Kier molecular flexibility index (Phi) is 6.86. The van der Waals surface area contributed by atoms with Gasteiger partial charge in [-0.2, -0.15) is 0 Å². The first kappa shape index (κ1) is 21.4. The summed E-state index contributed by atoms with van der Waals surface area (Å²) in [5.41, 5.74) is 2.57. The molecular formula is C22H17Cl2N5OS. The van der Waals surface area contributed by atoms with Crippen LogP contribution in [-0.4, -0.2) is 31.4 Å². The number of carbonyl (C=O) groups is 1. The number of pyridine rings is 1. The number of aromatic nitrogens is 4. The number of amides is 1. The number of nitrogens with zero attached hydrogens (tertiary/aromatic N) is 4. The lowest BCUT2D eigenvalue weighted by molar-refractivity contribution is -0.118. The third kappa shape index (κ3) is 5.25. The van der Waals surface area contributed by atoms with Gasteiger partial charge in [-0.1, -0.05) is 65.3 Å². The van der Waals surface area contributed by atoms with Crippen molar-refractivity contribution < 1.29 is 4.79 Å². The van der Waals surface area contributed by atoms with Gasteiger partial charge in [-0.3, -0.25) is 14.3 Å². The quantitative estimate of drug-likeness (QED) is 0.383. The first-order valence-electron chi connectivity index (χ1n) is 9.36. The van der Waals surface area contributed by atoms with Crippen LogP contribution in [0.1, 0.15) is 5.56 Å². The summed E-state index contributed by atoms with van der Waals surface area (Å²) in [5.74, 6) is 0.693. The van der Waals surface area contributed by atoms with Crippen molar-refractivity contribution in [3.05, 3.63) is 88.7 Å². The summed E-state index contributed by atoms with van der Waals surface area (Å²) in [6.07, 6.45) is 3.40. The molecule has 2 heterocycles. The van der Waals surface area contributed by atoms with Gasteiger partial charge in [-0.25, -0.2) is 0 Å². The van der Waals surface area contributed by atoms with Crippen molar-refractivity contribution in [2.75, 3.05) is 5.75 Å². The lowest BCUT2D eigenvalue weighted by Gasteiger charge is -2.11. The molecular weight excluding hydrogens is 453 g/mol. The van der Waals surface area contributed by atoms with Gasteiger partial charge in [0.25, 0.3) is 0 Å². The number of benzene rings is 2. The summed E-state index contributed by atoms with van der Waals surface area (Å²) < 4.78 is 1.84. The highest BCUT2D eigenvalue weighted by Gasteiger charge is 2.18. The number of hydrogen-bond acceptors (Lipinski definition) is 5. The van der Waals surface area contributed by atoms with Crippen molar-refractivity contribution in [2.45, 2.75) is 11.7 Å². The SMILES string of the molecule is O=C(CSc1nnc(-c2cccnc2)n1-c1ccc(Cl)c(Cl)c1)NCc1ccccc1. The molecule has 0 atom stereocenters. The fourth-order valence-corrected chi connectivity index (χ4v) is 3.95. The molecule has 0 saturated heterocycles. The summed E-state index contributed by atoms with van der Waals surface area (Å²) in [4.78, 5) is 16.5. The maximum Gasteiger partial charge on any atom is 0.230 e. The van der Waals surface area contributed by atoms with Crippen molar-refractivity contribution in [1.82, 2.24) is 25.1 Å². The van der Waals surface area contributed by atoms with Crippen LogP contribution in [0.3, 0.4) is 0 Å². The molecule has 0 saturated carbocycles. The number of nitrogens with one attached hydrogen (secondary N) is 1. The van der Waals surface area contributed by atoms with E-state index >= 15 is 0 Å². The van der Waals surface area contributed by atoms with E-state index < -0.39 is 0 Å². The molecule has 0 unspecified atom stereocenters. The minimum absolute atomic E-state index is 0.0968. The summed E-state index contributed by atoms with van der Waals surface area (Å²) in [7, 11) is 0. The predicted molar refractivity (Wildman–Crippen MR) is 124 cm³/mol. The van der Waals surface area contributed by atoms with Crippen LogP contribution in [0.15, 0.2) is 78.2 Å². The Morgan fingerprint density at radius 1 is 1.00 bits per heavy atom. The van der Waals surface area contributed by atoms with Crippen molar-refractivity contribution in [3.63, 3.8) is 0 Å². The Bertz CT molecular complexity index is 1190. The Hall–Kier alpha value is -2.87. The first-order valence-corrected chi connectivity index (χ1v) is 11.1. The summed E-state index contributed by atoms with van der Waals surface area (Å²) in [5, 5.41) is 13.0. The maximum absolute atomic E-state index is 12.4. The van der Waals surface area contributed by atoms with Crippen LogP contribution >= 0.6 is 35.0 Å². The average molecular weight is 470 g/mol. The molecule has 6 nitrogen and oxygen atoms in total. The topological polar surface area (TPSA) is 72.7 Å². The molecule has 156 valence electrons. The monoisotopic (exact) mass is 469 g/mol.